The molecule has 1 heterocycles. The van der Waals surface area contributed by atoms with Gasteiger partial charge in [-0.15, -0.1) is 0 Å². The summed E-state index contributed by atoms with van der Waals surface area (Å²) in [5.74, 6) is 1.48. The molecule has 2 rings (SSSR count). The van der Waals surface area contributed by atoms with Gasteiger partial charge in [-0.2, -0.15) is 0 Å². The van der Waals surface area contributed by atoms with Crippen LogP contribution in [0.25, 0.3) is 0 Å². The van der Waals surface area contributed by atoms with Crippen LogP contribution in [0.15, 0.2) is 22.7 Å². The Kier molecular flexibility index (Phi) is 5.03. The summed E-state index contributed by atoms with van der Waals surface area (Å²) in [5.41, 5.74) is 1.21. The van der Waals surface area contributed by atoms with Gasteiger partial charge >= 0.3 is 0 Å². The molecule has 2 atom stereocenters. The van der Waals surface area contributed by atoms with E-state index in [2.05, 4.69) is 27.3 Å². The summed E-state index contributed by atoms with van der Waals surface area (Å²) in [5, 5.41) is 3.41. The van der Waals surface area contributed by atoms with E-state index in [1.54, 1.807) is 0 Å². The Morgan fingerprint density at radius 1 is 1.56 bits per heavy atom. The molecule has 0 saturated carbocycles. The van der Waals surface area contributed by atoms with E-state index in [4.69, 9.17) is 9.47 Å². The molecule has 0 radical (unpaired) electrons. The van der Waals surface area contributed by atoms with Gasteiger partial charge in [-0.1, -0.05) is 15.9 Å². The Morgan fingerprint density at radius 2 is 2.39 bits per heavy atom. The summed E-state index contributed by atoms with van der Waals surface area (Å²) in [7, 11) is 2.00. The van der Waals surface area contributed by atoms with E-state index in [0.717, 1.165) is 29.9 Å². The van der Waals surface area contributed by atoms with Gasteiger partial charge < -0.3 is 14.8 Å². The van der Waals surface area contributed by atoms with Crippen molar-refractivity contribution in [2.75, 3.05) is 26.9 Å². The van der Waals surface area contributed by atoms with Crippen LogP contribution in [0.3, 0.4) is 0 Å². The Morgan fingerprint density at radius 3 is 3.00 bits per heavy atom. The largest absolute Gasteiger partial charge is 0.494 e. The summed E-state index contributed by atoms with van der Waals surface area (Å²) in [6.45, 7) is 4.38. The first kappa shape index (κ1) is 13.8. The molecule has 0 bridgehead atoms. The van der Waals surface area contributed by atoms with Gasteiger partial charge in [0.15, 0.2) is 0 Å². The smallest absolute Gasteiger partial charge is 0.124 e. The average Bonchev–Trinajstić information content (AvgIpc) is 2.87. The number of hydrogen-bond acceptors (Lipinski definition) is 3. The first-order valence-corrected chi connectivity index (χ1v) is 7.22. The van der Waals surface area contributed by atoms with Crippen LogP contribution in [0, 0.1) is 5.92 Å². The number of ether oxygens (including phenoxy) is 2. The van der Waals surface area contributed by atoms with Gasteiger partial charge in [0, 0.05) is 28.6 Å². The van der Waals surface area contributed by atoms with Crippen LogP contribution in [0.5, 0.6) is 5.75 Å². The fourth-order valence-corrected chi connectivity index (χ4v) is 2.89. The van der Waals surface area contributed by atoms with Crippen molar-refractivity contribution in [3.05, 3.63) is 28.2 Å². The Hall–Kier alpha value is -0.580. The standard InChI is InChI=1S/C14H20BrNO2/c1-3-18-13-5-4-11(15)8-12(13)14(16-2)10-6-7-17-9-10/h4-5,8,10,14,16H,3,6-7,9H2,1-2H3. The van der Waals surface area contributed by atoms with E-state index in [-0.39, 0.29) is 6.04 Å². The summed E-state index contributed by atoms with van der Waals surface area (Å²) in [6, 6.07) is 6.48. The third-order valence-corrected chi connectivity index (χ3v) is 3.85. The minimum Gasteiger partial charge on any atom is -0.494 e. The van der Waals surface area contributed by atoms with Crippen LogP contribution < -0.4 is 10.1 Å². The minimum absolute atomic E-state index is 0.284. The summed E-state index contributed by atoms with van der Waals surface area (Å²) in [4.78, 5) is 0. The van der Waals surface area contributed by atoms with Crippen molar-refractivity contribution in [1.29, 1.82) is 0 Å². The predicted molar refractivity (Wildman–Crippen MR) is 76.0 cm³/mol. The Bertz CT molecular complexity index is 391. The molecule has 3 nitrogen and oxygen atoms in total. The highest BCUT2D eigenvalue weighted by Crippen LogP contribution is 2.35. The van der Waals surface area contributed by atoms with Gasteiger partial charge in [0.2, 0.25) is 0 Å². The van der Waals surface area contributed by atoms with Crippen molar-refractivity contribution in [3.63, 3.8) is 0 Å². The highest BCUT2D eigenvalue weighted by molar-refractivity contribution is 9.10. The lowest BCUT2D eigenvalue weighted by Crippen LogP contribution is -2.26. The monoisotopic (exact) mass is 313 g/mol. The molecule has 2 unspecified atom stereocenters. The maximum atomic E-state index is 5.73. The van der Waals surface area contributed by atoms with Gasteiger partial charge in [-0.3, -0.25) is 0 Å². The maximum Gasteiger partial charge on any atom is 0.124 e. The zero-order valence-electron chi connectivity index (χ0n) is 10.9. The van der Waals surface area contributed by atoms with Gasteiger partial charge in [0.1, 0.15) is 5.75 Å². The highest BCUT2D eigenvalue weighted by Gasteiger charge is 2.28. The van der Waals surface area contributed by atoms with E-state index in [1.165, 1.54) is 5.56 Å². The van der Waals surface area contributed by atoms with Crippen molar-refractivity contribution in [2.24, 2.45) is 5.92 Å². The molecular formula is C14H20BrNO2. The van der Waals surface area contributed by atoms with Crippen molar-refractivity contribution in [2.45, 2.75) is 19.4 Å². The number of rotatable bonds is 5. The first-order chi connectivity index (χ1) is 8.76. The van der Waals surface area contributed by atoms with Crippen molar-refractivity contribution < 1.29 is 9.47 Å². The molecule has 1 aromatic carbocycles. The molecular weight excluding hydrogens is 294 g/mol. The molecule has 1 saturated heterocycles. The van der Waals surface area contributed by atoms with Crippen LogP contribution in [0.1, 0.15) is 24.9 Å². The van der Waals surface area contributed by atoms with Crippen molar-refractivity contribution in [3.8, 4) is 5.75 Å². The predicted octanol–water partition coefficient (Wildman–Crippen LogP) is 3.14. The fraction of sp³-hybridized carbons (Fsp3) is 0.571. The Labute approximate surface area is 117 Å². The summed E-state index contributed by atoms with van der Waals surface area (Å²) < 4.78 is 12.3. The number of halogens is 1. The minimum atomic E-state index is 0.284. The average molecular weight is 314 g/mol. The second-order valence-corrected chi connectivity index (χ2v) is 5.42. The second kappa shape index (κ2) is 6.55. The van der Waals surface area contributed by atoms with Crippen LogP contribution in [0.2, 0.25) is 0 Å². The third-order valence-electron chi connectivity index (χ3n) is 3.35. The van der Waals surface area contributed by atoms with E-state index in [1.807, 2.05) is 26.1 Å². The van der Waals surface area contributed by atoms with Gasteiger partial charge in [-0.25, -0.2) is 0 Å². The topological polar surface area (TPSA) is 30.5 Å². The SMILES string of the molecule is CCOc1ccc(Br)cc1C(NC)C1CCOC1. The molecule has 0 aromatic heterocycles. The van der Waals surface area contributed by atoms with E-state index < -0.39 is 0 Å². The molecule has 1 fully saturated rings. The van der Waals surface area contributed by atoms with Crippen LogP contribution in [-0.4, -0.2) is 26.9 Å². The summed E-state index contributed by atoms with van der Waals surface area (Å²) >= 11 is 3.54. The third kappa shape index (κ3) is 3.05. The van der Waals surface area contributed by atoms with Gasteiger partial charge in [-0.05, 0) is 38.6 Å². The molecule has 0 spiro atoms. The molecule has 1 N–H and O–H groups in total. The molecule has 0 aliphatic carbocycles. The molecule has 1 aliphatic heterocycles. The van der Waals surface area contributed by atoms with E-state index in [9.17, 15) is 0 Å². The molecule has 0 amide bonds. The Balaban J connectivity index is 2.29. The van der Waals surface area contributed by atoms with Crippen molar-refractivity contribution >= 4 is 15.9 Å². The zero-order valence-corrected chi connectivity index (χ0v) is 12.5. The lowest BCUT2D eigenvalue weighted by molar-refractivity contribution is 0.177. The zero-order chi connectivity index (χ0) is 13.0. The first-order valence-electron chi connectivity index (χ1n) is 6.43. The van der Waals surface area contributed by atoms with Gasteiger partial charge in [0.05, 0.1) is 13.2 Å². The molecule has 18 heavy (non-hydrogen) atoms. The van der Waals surface area contributed by atoms with E-state index >= 15 is 0 Å². The molecule has 100 valence electrons. The van der Waals surface area contributed by atoms with Crippen LogP contribution in [-0.2, 0) is 4.74 Å². The van der Waals surface area contributed by atoms with Gasteiger partial charge in [0.25, 0.3) is 0 Å². The lowest BCUT2D eigenvalue weighted by atomic mass is 9.92. The van der Waals surface area contributed by atoms with E-state index in [0.29, 0.717) is 12.5 Å². The normalized spacial score (nSPS) is 20.9. The molecule has 1 aliphatic rings. The molecule has 1 aromatic rings. The van der Waals surface area contributed by atoms with Crippen LogP contribution >= 0.6 is 15.9 Å². The van der Waals surface area contributed by atoms with Crippen molar-refractivity contribution in [1.82, 2.24) is 5.32 Å². The summed E-state index contributed by atoms with van der Waals surface area (Å²) in [6.07, 6.45) is 1.10. The maximum absolute atomic E-state index is 5.73. The number of nitrogens with one attached hydrogen (secondary N) is 1. The quantitative estimate of drug-likeness (QED) is 0.906. The number of hydrogen-bond donors (Lipinski definition) is 1. The fourth-order valence-electron chi connectivity index (χ4n) is 2.51. The highest BCUT2D eigenvalue weighted by atomic mass is 79.9. The van der Waals surface area contributed by atoms with Crippen LogP contribution in [0.4, 0.5) is 0 Å². The molecule has 4 heteroatoms. The second-order valence-electron chi connectivity index (χ2n) is 4.51. The lowest BCUT2D eigenvalue weighted by Gasteiger charge is -2.24. The number of benzene rings is 1.